The van der Waals surface area contributed by atoms with Crippen molar-refractivity contribution in [1.29, 1.82) is 0 Å². The van der Waals surface area contributed by atoms with E-state index in [2.05, 4.69) is 9.88 Å². The number of carbonyl (C=O) groups excluding carboxylic acids is 1. The van der Waals surface area contributed by atoms with Crippen LogP contribution in [0.25, 0.3) is 10.6 Å². The number of amides is 1. The van der Waals surface area contributed by atoms with Crippen LogP contribution in [0.15, 0.2) is 58.8 Å². The first-order chi connectivity index (χ1) is 16.2. The minimum absolute atomic E-state index is 0.0225. The van der Waals surface area contributed by atoms with Crippen molar-refractivity contribution in [2.75, 3.05) is 26.2 Å². The normalized spacial score (nSPS) is 17.0. The van der Waals surface area contributed by atoms with E-state index in [1.54, 1.807) is 21.3 Å². The van der Waals surface area contributed by atoms with E-state index in [0.717, 1.165) is 43.0 Å². The van der Waals surface area contributed by atoms with Gasteiger partial charge in [-0.15, -0.1) is 11.3 Å². The molecule has 1 aliphatic carbocycles. The maximum Gasteiger partial charge on any atom is 0.272 e. The second-order valence-corrected chi connectivity index (χ2v) is 9.56. The molecule has 0 bridgehead atoms. The van der Waals surface area contributed by atoms with Crippen LogP contribution in [-0.2, 0) is 6.54 Å². The number of fused-ring (bicyclic) bond motifs is 1. The zero-order valence-electron chi connectivity index (χ0n) is 18.1. The SMILES string of the molecule is O=C(c1cc(C2CC2)nn1-c1ccccc1)N1CCN(Cc2cc(=O)n3ccsc3n2)CC1. The summed E-state index contributed by atoms with van der Waals surface area (Å²) in [5, 5.41) is 6.65. The summed E-state index contributed by atoms with van der Waals surface area (Å²) in [4.78, 5) is 35.2. The van der Waals surface area contributed by atoms with Gasteiger partial charge >= 0.3 is 0 Å². The van der Waals surface area contributed by atoms with Gasteiger partial charge < -0.3 is 4.90 Å². The molecule has 8 nitrogen and oxygen atoms in total. The van der Waals surface area contributed by atoms with Crippen LogP contribution in [0.4, 0.5) is 0 Å². The minimum Gasteiger partial charge on any atom is -0.335 e. The molecule has 6 rings (SSSR count). The number of carbonyl (C=O) groups is 1. The fourth-order valence-corrected chi connectivity index (χ4v) is 5.10. The largest absolute Gasteiger partial charge is 0.335 e. The Balaban J connectivity index is 1.17. The van der Waals surface area contributed by atoms with Gasteiger partial charge in [0.05, 0.1) is 17.1 Å². The molecule has 3 aromatic heterocycles. The predicted octanol–water partition coefficient (Wildman–Crippen LogP) is 2.78. The third kappa shape index (κ3) is 3.98. The molecular weight excluding hydrogens is 436 g/mol. The van der Waals surface area contributed by atoms with Crippen molar-refractivity contribution >= 4 is 22.2 Å². The molecule has 0 N–H and O–H groups in total. The van der Waals surface area contributed by atoms with Gasteiger partial charge in [0, 0.05) is 56.3 Å². The van der Waals surface area contributed by atoms with Crippen LogP contribution in [0.1, 0.15) is 40.6 Å². The lowest BCUT2D eigenvalue weighted by Crippen LogP contribution is -2.48. The molecule has 0 unspecified atom stereocenters. The highest BCUT2D eigenvalue weighted by Crippen LogP contribution is 2.40. The summed E-state index contributed by atoms with van der Waals surface area (Å²) in [6.45, 7) is 3.37. The molecule has 1 saturated carbocycles. The summed E-state index contributed by atoms with van der Waals surface area (Å²) in [7, 11) is 0. The lowest BCUT2D eigenvalue weighted by molar-refractivity contribution is 0.0618. The van der Waals surface area contributed by atoms with E-state index >= 15 is 0 Å². The Morgan fingerprint density at radius 2 is 1.85 bits per heavy atom. The molecule has 1 aliphatic heterocycles. The second-order valence-electron chi connectivity index (χ2n) is 8.69. The third-order valence-electron chi connectivity index (χ3n) is 6.35. The predicted molar refractivity (Wildman–Crippen MR) is 126 cm³/mol. The van der Waals surface area contributed by atoms with Crippen LogP contribution in [0.3, 0.4) is 0 Å². The topological polar surface area (TPSA) is 75.7 Å². The van der Waals surface area contributed by atoms with Gasteiger partial charge in [-0.25, -0.2) is 9.67 Å². The molecule has 168 valence electrons. The van der Waals surface area contributed by atoms with Gasteiger partial charge in [-0.3, -0.25) is 18.9 Å². The molecule has 1 amide bonds. The Labute approximate surface area is 194 Å². The van der Waals surface area contributed by atoms with Crippen molar-refractivity contribution in [3.8, 4) is 5.69 Å². The average Bonchev–Trinajstić information content (AvgIpc) is 3.40. The summed E-state index contributed by atoms with van der Waals surface area (Å²) < 4.78 is 3.37. The number of thiazole rings is 1. The molecule has 0 spiro atoms. The number of hydrogen-bond acceptors (Lipinski definition) is 6. The number of hydrogen-bond donors (Lipinski definition) is 0. The smallest absolute Gasteiger partial charge is 0.272 e. The van der Waals surface area contributed by atoms with Crippen molar-refractivity contribution < 1.29 is 4.79 Å². The number of aromatic nitrogens is 4. The summed E-state index contributed by atoms with van der Waals surface area (Å²) in [5.74, 6) is 0.505. The summed E-state index contributed by atoms with van der Waals surface area (Å²) >= 11 is 1.46. The first-order valence-corrected chi connectivity index (χ1v) is 12.2. The molecule has 1 aromatic carbocycles. The zero-order chi connectivity index (χ0) is 22.4. The lowest BCUT2D eigenvalue weighted by atomic mass is 10.2. The maximum atomic E-state index is 13.5. The molecule has 33 heavy (non-hydrogen) atoms. The molecule has 1 saturated heterocycles. The Bertz CT molecular complexity index is 1360. The molecule has 9 heteroatoms. The Hall–Kier alpha value is -3.30. The molecule has 2 aliphatic rings. The van der Waals surface area contributed by atoms with Crippen LogP contribution >= 0.6 is 11.3 Å². The quantitative estimate of drug-likeness (QED) is 0.458. The minimum atomic E-state index is -0.0503. The fraction of sp³-hybridized carbons (Fsp3) is 0.333. The van der Waals surface area contributed by atoms with Crippen molar-refractivity contribution in [2.45, 2.75) is 25.3 Å². The summed E-state index contributed by atoms with van der Waals surface area (Å²) in [6.07, 6.45) is 4.04. The number of piperazine rings is 1. The van der Waals surface area contributed by atoms with Gasteiger partial charge in [0.25, 0.3) is 11.5 Å². The van der Waals surface area contributed by atoms with E-state index < -0.39 is 0 Å². The third-order valence-corrected chi connectivity index (χ3v) is 7.10. The highest BCUT2D eigenvalue weighted by atomic mass is 32.1. The van der Waals surface area contributed by atoms with Gasteiger partial charge in [0.2, 0.25) is 0 Å². The highest BCUT2D eigenvalue weighted by molar-refractivity contribution is 7.15. The van der Waals surface area contributed by atoms with Crippen molar-refractivity contribution in [1.82, 2.24) is 29.0 Å². The molecule has 0 radical (unpaired) electrons. The maximum absolute atomic E-state index is 13.5. The monoisotopic (exact) mass is 460 g/mol. The van der Waals surface area contributed by atoms with E-state index in [0.29, 0.717) is 36.2 Å². The van der Waals surface area contributed by atoms with E-state index in [1.807, 2.05) is 46.7 Å². The van der Waals surface area contributed by atoms with Crippen LogP contribution in [0, 0.1) is 0 Å². The van der Waals surface area contributed by atoms with Gasteiger partial charge in [-0.05, 0) is 31.0 Å². The van der Waals surface area contributed by atoms with Crippen molar-refractivity contribution in [3.05, 3.63) is 81.5 Å². The van der Waals surface area contributed by atoms with Gasteiger partial charge in [0.15, 0.2) is 4.96 Å². The molecular formula is C24H24N6O2S. The first kappa shape index (κ1) is 20.3. The number of benzene rings is 1. The molecule has 4 heterocycles. The first-order valence-electron chi connectivity index (χ1n) is 11.3. The van der Waals surface area contributed by atoms with E-state index in [1.165, 1.54) is 11.3 Å². The Morgan fingerprint density at radius 3 is 2.61 bits per heavy atom. The van der Waals surface area contributed by atoms with E-state index in [-0.39, 0.29) is 11.5 Å². The molecule has 2 fully saturated rings. The number of rotatable bonds is 5. The van der Waals surface area contributed by atoms with Gasteiger partial charge in [0.1, 0.15) is 5.69 Å². The summed E-state index contributed by atoms with van der Waals surface area (Å²) in [5.41, 5.74) is 3.29. The van der Waals surface area contributed by atoms with Gasteiger partial charge in [-0.2, -0.15) is 5.10 Å². The van der Waals surface area contributed by atoms with Crippen LogP contribution in [0.5, 0.6) is 0 Å². The fourth-order valence-electron chi connectivity index (χ4n) is 4.37. The molecule has 0 atom stereocenters. The van der Waals surface area contributed by atoms with Crippen LogP contribution < -0.4 is 5.56 Å². The zero-order valence-corrected chi connectivity index (χ0v) is 18.9. The summed E-state index contributed by atoms with van der Waals surface area (Å²) in [6, 6.07) is 13.5. The van der Waals surface area contributed by atoms with Crippen LogP contribution in [-0.4, -0.2) is 61.1 Å². The van der Waals surface area contributed by atoms with E-state index in [9.17, 15) is 9.59 Å². The van der Waals surface area contributed by atoms with Crippen molar-refractivity contribution in [3.63, 3.8) is 0 Å². The Morgan fingerprint density at radius 1 is 1.06 bits per heavy atom. The van der Waals surface area contributed by atoms with Crippen LogP contribution in [0.2, 0.25) is 0 Å². The van der Waals surface area contributed by atoms with Gasteiger partial charge in [-0.1, -0.05) is 18.2 Å². The Kier molecular flexibility index (Phi) is 5.07. The van der Waals surface area contributed by atoms with E-state index in [4.69, 9.17) is 5.10 Å². The highest BCUT2D eigenvalue weighted by Gasteiger charge is 2.31. The average molecular weight is 461 g/mol. The number of para-hydroxylation sites is 1. The number of nitrogens with zero attached hydrogens (tertiary/aromatic N) is 6. The van der Waals surface area contributed by atoms with Crippen molar-refractivity contribution in [2.24, 2.45) is 0 Å². The lowest BCUT2D eigenvalue weighted by Gasteiger charge is -2.34. The second kappa shape index (κ2) is 8.24. The standard InChI is InChI=1S/C24H24N6O2S/c31-22-14-18(25-24-29(22)12-13-33-24)16-27-8-10-28(11-9-27)23(32)21-15-20(17-6-7-17)26-30(21)19-4-2-1-3-5-19/h1-5,12-15,17H,6-11,16H2. The molecule has 4 aromatic rings.